The predicted molar refractivity (Wildman–Crippen MR) is 54.5 cm³/mol. The fraction of sp³-hybridized carbons (Fsp3) is 0.111. The van der Waals surface area contributed by atoms with Crippen molar-refractivity contribution in [2.24, 2.45) is 0 Å². The second kappa shape index (κ2) is 3.59. The number of nitrogens with zero attached hydrogens (tertiary/aromatic N) is 2. The first-order chi connectivity index (χ1) is 6.66. The van der Waals surface area contributed by atoms with Gasteiger partial charge < -0.3 is 4.52 Å². The van der Waals surface area contributed by atoms with Gasteiger partial charge in [-0.25, -0.2) is 0 Å². The zero-order chi connectivity index (χ0) is 10.1. The molecule has 0 saturated carbocycles. The van der Waals surface area contributed by atoms with Crippen LogP contribution in [0.5, 0.6) is 0 Å². The summed E-state index contributed by atoms with van der Waals surface area (Å²) >= 11 is 11.8. The Morgan fingerprint density at radius 2 is 2.07 bits per heavy atom. The lowest BCUT2D eigenvalue weighted by Crippen LogP contribution is -1.82. The number of aryl methyl sites for hydroxylation is 1. The van der Waals surface area contributed by atoms with Crippen LogP contribution in [0.2, 0.25) is 10.0 Å². The van der Waals surface area contributed by atoms with Crippen LogP contribution >= 0.6 is 23.2 Å². The normalized spacial score (nSPS) is 10.5. The van der Waals surface area contributed by atoms with Gasteiger partial charge >= 0.3 is 0 Å². The van der Waals surface area contributed by atoms with Crippen molar-refractivity contribution in [1.29, 1.82) is 0 Å². The molecule has 2 aromatic rings. The molecule has 0 atom stereocenters. The molecule has 5 heteroatoms. The maximum atomic E-state index is 5.96. The molecule has 1 aromatic carbocycles. The molecular formula is C9H6Cl2N2O. The van der Waals surface area contributed by atoms with E-state index >= 15 is 0 Å². The molecule has 0 unspecified atom stereocenters. The lowest BCUT2D eigenvalue weighted by molar-refractivity contribution is 0.394. The van der Waals surface area contributed by atoms with Gasteiger partial charge in [0.1, 0.15) is 0 Å². The minimum absolute atomic E-state index is 0.454. The summed E-state index contributed by atoms with van der Waals surface area (Å²) in [7, 11) is 0. The van der Waals surface area contributed by atoms with Crippen molar-refractivity contribution in [2.45, 2.75) is 6.92 Å². The highest BCUT2D eigenvalue weighted by atomic mass is 35.5. The van der Waals surface area contributed by atoms with Crippen LogP contribution in [0.4, 0.5) is 0 Å². The molecule has 0 fully saturated rings. The van der Waals surface area contributed by atoms with Crippen LogP contribution in [0.1, 0.15) is 5.89 Å². The van der Waals surface area contributed by atoms with Gasteiger partial charge in [-0.3, -0.25) is 0 Å². The Bertz CT molecular complexity index is 468. The van der Waals surface area contributed by atoms with Gasteiger partial charge in [0.05, 0.1) is 5.02 Å². The molecule has 1 aromatic heterocycles. The average Bonchev–Trinajstić information content (AvgIpc) is 2.56. The Kier molecular flexibility index (Phi) is 2.44. The summed E-state index contributed by atoms with van der Waals surface area (Å²) in [4.78, 5) is 4.06. The summed E-state index contributed by atoms with van der Waals surface area (Å²) < 4.78 is 4.85. The Hall–Kier alpha value is -1.06. The minimum Gasteiger partial charge on any atom is -0.339 e. The Morgan fingerprint density at radius 3 is 2.71 bits per heavy atom. The SMILES string of the molecule is Cc1nc(-c2cc(Cl)ccc2Cl)no1. The first-order valence-electron chi connectivity index (χ1n) is 3.92. The molecular weight excluding hydrogens is 223 g/mol. The van der Waals surface area contributed by atoms with Gasteiger partial charge in [0.15, 0.2) is 0 Å². The van der Waals surface area contributed by atoms with E-state index in [4.69, 9.17) is 27.7 Å². The second-order valence-corrected chi connectivity index (χ2v) is 3.60. The van der Waals surface area contributed by atoms with E-state index in [0.29, 0.717) is 27.3 Å². The topological polar surface area (TPSA) is 38.9 Å². The Labute approximate surface area is 90.6 Å². The van der Waals surface area contributed by atoms with E-state index in [0.717, 1.165) is 0 Å². The molecule has 3 nitrogen and oxygen atoms in total. The Balaban J connectivity index is 2.55. The molecule has 14 heavy (non-hydrogen) atoms. The van der Waals surface area contributed by atoms with Gasteiger partial charge in [-0.1, -0.05) is 28.4 Å². The highest BCUT2D eigenvalue weighted by molar-refractivity contribution is 6.35. The first kappa shape index (κ1) is 9.49. The van der Waals surface area contributed by atoms with Gasteiger partial charge in [0.25, 0.3) is 0 Å². The van der Waals surface area contributed by atoms with Crippen molar-refractivity contribution in [3.05, 3.63) is 34.1 Å². The van der Waals surface area contributed by atoms with Crippen LogP contribution in [0.3, 0.4) is 0 Å². The molecule has 0 bridgehead atoms. The van der Waals surface area contributed by atoms with Crippen molar-refractivity contribution in [1.82, 2.24) is 10.1 Å². The molecule has 0 aliphatic rings. The monoisotopic (exact) mass is 228 g/mol. The second-order valence-electron chi connectivity index (χ2n) is 2.76. The minimum atomic E-state index is 0.454. The third kappa shape index (κ3) is 1.74. The molecule has 72 valence electrons. The quantitative estimate of drug-likeness (QED) is 0.752. The molecule has 0 N–H and O–H groups in total. The maximum Gasteiger partial charge on any atom is 0.223 e. The van der Waals surface area contributed by atoms with Crippen LogP contribution in [-0.4, -0.2) is 10.1 Å². The van der Waals surface area contributed by atoms with E-state index in [1.165, 1.54) is 0 Å². The molecule has 1 heterocycles. The zero-order valence-corrected chi connectivity index (χ0v) is 8.80. The van der Waals surface area contributed by atoms with Gasteiger partial charge in [0.2, 0.25) is 11.7 Å². The molecule has 0 aliphatic heterocycles. The zero-order valence-electron chi connectivity index (χ0n) is 7.29. The molecule has 0 amide bonds. The summed E-state index contributed by atoms with van der Waals surface area (Å²) in [6, 6.07) is 5.11. The van der Waals surface area contributed by atoms with Crippen LogP contribution in [0.15, 0.2) is 22.7 Å². The maximum absolute atomic E-state index is 5.96. The Morgan fingerprint density at radius 1 is 1.29 bits per heavy atom. The standard InChI is InChI=1S/C9H6Cl2N2O/c1-5-12-9(13-14-5)7-4-6(10)2-3-8(7)11/h2-4H,1H3. The van der Waals surface area contributed by atoms with Crippen molar-refractivity contribution in [2.75, 3.05) is 0 Å². The summed E-state index contributed by atoms with van der Waals surface area (Å²) in [6.45, 7) is 1.72. The molecule has 0 aliphatic carbocycles. The highest BCUT2D eigenvalue weighted by Gasteiger charge is 2.09. The van der Waals surface area contributed by atoms with Crippen molar-refractivity contribution in [3.63, 3.8) is 0 Å². The average molecular weight is 229 g/mol. The number of benzene rings is 1. The molecule has 0 spiro atoms. The number of hydrogen-bond acceptors (Lipinski definition) is 3. The molecule has 2 rings (SSSR count). The van der Waals surface area contributed by atoms with E-state index in [1.54, 1.807) is 25.1 Å². The number of hydrogen-bond donors (Lipinski definition) is 0. The van der Waals surface area contributed by atoms with Gasteiger partial charge in [0, 0.05) is 17.5 Å². The van der Waals surface area contributed by atoms with Gasteiger partial charge in [-0.05, 0) is 18.2 Å². The van der Waals surface area contributed by atoms with Crippen molar-refractivity contribution < 1.29 is 4.52 Å². The third-order valence-electron chi connectivity index (χ3n) is 1.70. The summed E-state index contributed by atoms with van der Waals surface area (Å²) in [5, 5.41) is 4.90. The van der Waals surface area contributed by atoms with E-state index in [-0.39, 0.29) is 0 Å². The van der Waals surface area contributed by atoms with Crippen LogP contribution in [-0.2, 0) is 0 Å². The van der Waals surface area contributed by atoms with Crippen LogP contribution in [0.25, 0.3) is 11.4 Å². The molecule has 0 radical (unpaired) electrons. The van der Waals surface area contributed by atoms with E-state index in [2.05, 4.69) is 10.1 Å². The fourth-order valence-corrected chi connectivity index (χ4v) is 1.45. The number of rotatable bonds is 1. The van der Waals surface area contributed by atoms with Crippen LogP contribution < -0.4 is 0 Å². The van der Waals surface area contributed by atoms with Gasteiger partial charge in [-0.2, -0.15) is 4.98 Å². The van der Waals surface area contributed by atoms with Gasteiger partial charge in [-0.15, -0.1) is 0 Å². The van der Waals surface area contributed by atoms with Crippen molar-refractivity contribution in [3.8, 4) is 11.4 Å². The van der Waals surface area contributed by atoms with Crippen molar-refractivity contribution >= 4 is 23.2 Å². The summed E-state index contributed by atoms with van der Waals surface area (Å²) in [5.41, 5.74) is 0.677. The third-order valence-corrected chi connectivity index (χ3v) is 2.26. The molecule has 0 saturated heterocycles. The fourth-order valence-electron chi connectivity index (χ4n) is 1.08. The van der Waals surface area contributed by atoms with E-state index in [1.807, 2.05) is 0 Å². The summed E-state index contributed by atoms with van der Waals surface area (Å²) in [6.07, 6.45) is 0. The number of halogens is 2. The van der Waals surface area contributed by atoms with Crippen LogP contribution in [0, 0.1) is 6.92 Å². The number of aromatic nitrogens is 2. The smallest absolute Gasteiger partial charge is 0.223 e. The predicted octanol–water partition coefficient (Wildman–Crippen LogP) is 3.35. The largest absolute Gasteiger partial charge is 0.339 e. The summed E-state index contributed by atoms with van der Waals surface area (Å²) in [5.74, 6) is 0.950. The highest BCUT2D eigenvalue weighted by Crippen LogP contribution is 2.28. The lowest BCUT2D eigenvalue weighted by atomic mass is 10.2. The first-order valence-corrected chi connectivity index (χ1v) is 4.68. The van der Waals surface area contributed by atoms with E-state index in [9.17, 15) is 0 Å². The lowest BCUT2D eigenvalue weighted by Gasteiger charge is -1.98. The van der Waals surface area contributed by atoms with E-state index < -0.39 is 0 Å².